The number of carboxylic acid groups (broad SMARTS) is 1. The molecule has 19 heavy (non-hydrogen) atoms. The van der Waals surface area contributed by atoms with Crippen molar-refractivity contribution in [1.29, 1.82) is 0 Å². The van der Waals surface area contributed by atoms with Crippen molar-refractivity contribution >= 4 is 11.6 Å². The number of carbonyl (C=O) groups is 1. The fraction of sp³-hybridized carbons (Fsp3) is 0.462. The molecule has 2 aromatic heterocycles. The van der Waals surface area contributed by atoms with E-state index in [9.17, 15) is 4.79 Å². The SMILES string of the molecule is CCN1CCC(c2nc3cc(C(=O)O)ccn3n2)C1. The van der Waals surface area contributed by atoms with Gasteiger partial charge >= 0.3 is 5.97 Å². The van der Waals surface area contributed by atoms with Crippen LogP contribution in [0.2, 0.25) is 0 Å². The van der Waals surface area contributed by atoms with Crippen LogP contribution < -0.4 is 0 Å². The van der Waals surface area contributed by atoms with Crippen molar-refractivity contribution in [2.45, 2.75) is 19.3 Å². The number of nitrogens with zero attached hydrogens (tertiary/aromatic N) is 4. The zero-order valence-electron chi connectivity index (χ0n) is 10.8. The molecule has 3 heterocycles. The number of aromatic carboxylic acids is 1. The highest BCUT2D eigenvalue weighted by Crippen LogP contribution is 2.24. The van der Waals surface area contributed by atoms with Gasteiger partial charge in [-0.1, -0.05) is 6.92 Å². The summed E-state index contributed by atoms with van der Waals surface area (Å²) < 4.78 is 1.65. The van der Waals surface area contributed by atoms with Crippen LogP contribution in [0.15, 0.2) is 18.3 Å². The van der Waals surface area contributed by atoms with Crippen molar-refractivity contribution in [3.63, 3.8) is 0 Å². The van der Waals surface area contributed by atoms with Gasteiger partial charge in [0.25, 0.3) is 0 Å². The maximum absolute atomic E-state index is 10.9. The van der Waals surface area contributed by atoms with E-state index in [1.165, 1.54) is 0 Å². The van der Waals surface area contributed by atoms with Gasteiger partial charge in [-0.3, -0.25) is 0 Å². The Kier molecular flexibility index (Phi) is 2.94. The zero-order chi connectivity index (χ0) is 13.4. The molecule has 1 aliphatic heterocycles. The number of likely N-dealkylation sites (N-methyl/N-ethyl adjacent to an activating group) is 1. The highest BCUT2D eigenvalue weighted by Gasteiger charge is 2.26. The maximum Gasteiger partial charge on any atom is 0.335 e. The Morgan fingerprint density at radius 3 is 3.11 bits per heavy atom. The molecule has 1 unspecified atom stereocenters. The maximum atomic E-state index is 10.9. The van der Waals surface area contributed by atoms with Crippen molar-refractivity contribution in [3.8, 4) is 0 Å². The third-order valence-electron chi connectivity index (χ3n) is 3.69. The summed E-state index contributed by atoms with van der Waals surface area (Å²) in [5, 5.41) is 13.4. The Labute approximate surface area is 110 Å². The first-order valence-electron chi connectivity index (χ1n) is 6.49. The van der Waals surface area contributed by atoms with E-state index >= 15 is 0 Å². The van der Waals surface area contributed by atoms with Crippen LogP contribution in [-0.2, 0) is 0 Å². The quantitative estimate of drug-likeness (QED) is 0.899. The van der Waals surface area contributed by atoms with Crippen LogP contribution in [0.3, 0.4) is 0 Å². The number of hydrogen-bond acceptors (Lipinski definition) is 4. The Morgan fingerprint density at radius 2 is 2.42 bits per heavy atom. The fourth-order valence-electron chi connectivity index (χ4n) is 2.54. The lowest BCUT2D eigenvalue weighted by atomic mass is 10.1. The molecular weight excluding hydrogens is 244 g/mol. The van der Waals surface area contributed by atoms with Gasteiger partial charge in [0.15, 0.2) is 11.5 Å². The molecule has 3 rings (SSSR count). The molecule has 0 radical (unpaired) electrons. The standard InChI is InChI=1S/C13H16N4O2/c1-2-16-5-3-10(8-16)12-14-11-7-9(13(18)19)4-6-17(11)15-12/h4,6-7,10H,2-3,5,8H2,1H3,(H,18,19). The summed E-state index contributed by atoms with van der Waals surface area (Å²) >= 11 is 0. The van der Waals surface area contributed by atoms with Crippen LogP contribution in [-0.4, -0.2) is 50.2 Å². The lowest BCUT2D eigenvalue weighted by molar-refractivity contribution is 0.0697. The average Bonchev–Trinajstić information content (AvgIpc) is 3.03. The molecule has 0 spiro atoms. The van der Waals surface area contributed by atoms with Crippen molar-refractivity contribution in [2.75, 3.05) is 19.6 Å². The molecule has 100 valence electrons. The van der Waals surface area contributed by atoms with Crippen molar-refractivity contribution in [2.24, 2.45) is 0 Å². The molecule has 1 atom stereocenters. The molecule has 2 aromatic rings. The van der Waals surface area contributed by atoms with Gasteiger partial charge in [-0.05, 0) is 31.6 Å². The molecule has 0 amide bonds. The Hall–Kier alpha value is -1.95. The molecule has 0 aromatic carbocycles. The molecule has 1 N–H and O–H groups in total. The Balaban J connectivity index is 1.91. The predicted octanol–water partition coefficient (Wildman–Crippen LogP) is 1.24. The number of aromatic nitrogens is 3. The highest BCUT2D eigenvalue weighted by molar-refractivity contribution is 5.88. The van der Waals surface area contributed by atoms with Gasteiger partial charge in [-0.15, -0.1) is 0 Å². The average molecular weight is 260 g/mol. The molecule has 0 bridgehead atoms. The number of rotatable bonds is 3. The second-order valence-corrected chi connectivity index (χ2v) is 4.87. The minimum absolute atomic E-state index is 0.244. The molecular formula is C13H16N4O2. The molecule has 6 nitrogen and oxygen atoms in total. The highest BCUT2D eigenvalue weighted by atomic mass is 16.4. The molecule has 0 aliphatic carbocycles. The van der Waals surface area contributed by atoms with Gasteiger partial charge in [0.1, 0.15) is 0 Å². The smallest absolute Gasteiger partial charge is 0.335 e. The van der Waals surface area contributed by atoms with Crippen LogP contribution in [0.25, 0.3) is 5.65 Å². The van der Waals surface area contributed by atoms with E-state index < -0.39 is 5.97 Å². The molecule has 6 heteroatoms. The van der Waals surface area contributed by atoms with Crippen LogP contribution in [0.4, 0.5) is 0 Å². The van der Waals surface area contributed by atoms with Crippen molar-refractivity contribution < 1.29 is 9.90 Å². The summed E-state index contributed by atoms with van der Waals surface area (Å²) in [7, 11) is 0. The number of pyridine rings is 1. The van der Waals surface area contributed by atoms with E-state index in [-0.39, 0.29) is 5.56 Å². The minimum Gasteiger partial charge on any atom is -0.478 e. The van der Waals surface area contributed by atoms with Crippen LogP contribution in [0.1, 0.15) is 35.4 Å². The summed E-state index contributed by atoms with van der Waals surface area (Å²) in [5.41, 5.74) is 0.845. The van der Waals surface area contributed by atoms with Gasteiger partial charge in [0.2, 0.25) is 0 Å². The van der Waals surface area contributed by atoms with Gasteiger partial charge in [-0.25, -0.2) is 14.3 Å². The molecule has 0 saturated carbocycles. The van der Waals surface area contributed by atoms with E-state index in [1.54, 1.807) is 22.8 Å². The first-order chi connectivity index (χ1) is 9.17. The largest absolute Gasteiger partial charge is 0.478 e. The lowest BCUT2D eigenvalue weighted by Gasteiger charge is -2.10. The Bertz CT molecular complexity index is 622. The van der Waals surface area contributed by atoms with Crippen LogP contribution >= 0.6 is 0 Å². The van der Waals surface area contributed by atoms with Gasteiger partial charge in [0.05, 0.1) is 5.56 Å². The van der Waals surface area contributed by atoms with Crippen LogP contribution in [0.5, 0.6) is 0 Å². The second-order valence-electron chi connectivity index (χ2n) is 4.87. The van der Waals surface area contributed by atoms with Crippen LogP contribution in [0, 0.1) is 0 Å². The van der Waals surface area contributed by atoms with Crippen molar-refractivity contribution in [1.82, 2.24) is 19.5 Å². The monoisotopic (exact) mass is 260 g/mol. The number of likely N-dealkylation sites (tertiary alicyclic amines) is 1. The third kappa shape index (κ3) is 2.19. The number of fused-ring (bicyclic) bond motifs is 1. The minimum atomic E-state index is -0.940. The Morgan fingerprint density at radius 1 is 1.58 bits per heavy atom. The summed E-state index contributed by atoms with van der Waals surface area (Å²) in [6, 6.07) is 3.10. The first kappa shape index (κ1) is 12.1. The number of hydrogen-bond donors (Lipinski definition) is 1. The first-order valence-corrected chi connectivity index (χ1v) is 6.49. The topological polar surface area (TPSA) is 70.7 Å². The van der Waals surface area contributed by atoms with E-state index in [2.05, 4.69) is 21.9 Å². The second kappa shape index (κ2) is 4.62. The van der Waals surface area contributed by atoms with Gasteiger partial charge < -0.3 is 10.0 Å². The summed E-state index contributed by atoms with van der Waals surface area (Å²) in [4.78, 5) is 17.8. The fourth-order valence-corrected chi connectivity index (χ4v) is 2.54. The van der Waals surface area contributed by atoms with E-state index in [0.717, 1.165) is 31.9 Å². The summed E-state index contributed by atoms with van der Waals surface area (Å²) in [6.45, 7) is 5.27. The molecule has 1 fully saturated rings. The number of carboxylic acids is 1. The van der Waals surface area contributed by atoms with Gasteiger partial charge in [0, 0.05) is 18.7 Å². The summed E-state index contributed by atoms with van der Waals surface area (Å²) in [6.07, 6.45) is 2.72. The van der Waals surface area contributed by atoms with E-state index in [1.807, 2.05) is 0 Å². The lowest BCUT2D eigenvalue weighted by Crippen LogP contribution is -2.19. The third-order valence-corrected chi connectivity index (χ3v) is 3.69. The zero-order valence-corrected chi connectivity index (χ0v) is 10.8. The molecule has 1 aliphatic rings. The normalized spacial score (nSPS) is 20.2. The van der Waals surface area contributed by atoms with E-state index in [4.69, 9.17) is 5.11 Å². The van der Waals surface area contributed by atoms with Crippen molar-refractivity contribution in [3.05, 3.63) is 29.7 Å². The summed E-state index contributed by atoms with van der Waals surface area (Å²) in [5.74, 6) is 0.233. The molecule has 1 saturated heterocycles. The van der Waals surface area contributed by atoms with Gasteiger partial charge in [-0.2, -0.15) is 5.10 Å². The predicted molar refractivity (Wildman–Crippen MR) is 69.4 cm³/mol. The van der Waals surface area contributed by atoms with E-state index in [0.29, 0.717) is 11.6 Å².